The van der Waals surface area contributed by atoms with Gasteiger partial charge in [-0.1, -0.05) is 30.3 Å². The van der Waals surface area contributed by atoms with Crippen molar-refractivity contribution in [3.63, 3.8) is 0 Å². The normalized spacial score (nSPS) is 14.3. The average molecular weight is 539 g/mol. The van der Waals surface area contributed by atoms with Crippen LogP contribution < -0.4 is 20.9 Å². The minimum absolute atomic E-state index is 0.0680. The number of nitrogens with zero attached hydrogens (tertiary/aromatic N) is 1. The Bertz CT molecular complexity index is 1270. The maximum Gasteiger partial charge on any atom is 0.416 e. The second kappa shape index (κ2) is 12.2. The molecule has 39 heavy (non-hydrogen) atoms. The highest BCUT2D eigenvalue weighted by atomic mass is 19.4. The Hall–Kier alpha value is -4.01. The molecular weight excluding hydrogens is 505 g/mol. The summed E-state index contributed by atoms with van der Waals surface area (Å²) in [4.78, 5) is 27.9. The van der Waals surface area contributed by atoms with Crippen LogP contribution >= 0.6 is 0 Å². The van der Waals surface area contributed by atoms with E-state index in [1.54, 1.807) is 12.1 Å². The molecule has 206 valence electrons. The molecule has 1 aliphatic rings. The van der Waals surface area contributed by atoms with Gasteiger partial charge in [0.25, 0.3) is 5.91 Å². The second-order valence-corrected chi connectivity index (χ2v) is 10.1. The molecule has 0 radical (unpaired) electrons. The van der Waals surface area contributed by atoms with Gasteiger partial charge in [-0.05, 0) is 87.1 Å². The third kappa shape index (κ3) is 7.75. The van der Waals surface area contributed by atoms with Crippen molar-refractivity contribution in [1.29, 1.82) is 0 Å². The van der Waals surface area contributed by atoms with E-state index in [1.807, 2.05) is 26.0 Å². The number of nitrogens with one attached hydrogen (secondary N) is 3. The zero-order valence-electron chi connectivity index (χ0n) is 22.0. The lowest BCUT2D eigenvalue weighted by atomic mass is 9.89. The number of alkyl halides is 3. The third-order valence-corrected chi connectivity index (χ3v) is 6.71. The Morgan fingerprint density at radius 1 is 0.897 bits per heavy atom. The molecule has 3 N–H and O–H groups in total. The molecule has 1 fully saturated rings. The summed E-state index contributed by atoms with van der Waals surface area (Å²) in [6.45, 7) is 5.40. The van der Waals surface area contributed by atoms with Gasteiger partial charge >= 0.3 is 12.2 Å². The van der Waals surface area contributed by atoms with Crippen LogP contribution in [0.3, 0.4) is 0 Å². The van der Waals surface area contributed by atoms with Gasteiger partial charge in [0, 0.05) is 36.2 Å². The van der Waals surface area contributed by atoms with E-state index < -0.39 is 17.8 Å². The van der Waals surface area contributed by atoms with E-state index in [0.717, 1.165) is 50.2 Å². The van der Waals surface area contributed by atoms with E-state index in [2.05, 4.69) is 45.1 Å². The number of piperidine rings is 1. The second-order valence-electron chi connectivity index (χ2n) is 10.1. The number of halogens is 3. The van der Waals surface area contributed by atoms with Crippen molar-refractivity contribution in [1.82, 2.24) is 5.32 Å². The lowest BCUT2D eigenvalue weighted by molar-refractivity contribution is -0.137. The smallest absolute Gasteiger partial charge is 0.371 e. The van der Waals surface area contributed by atoms with Gasteiger partial charge in [-0.3, -0.25) is 4.79 Å². The first-order valence-corrected chi connectivity index (χ1v) is 13.1. The van der Waals surface area contributed by atoms with Gasteiger partial charge in [0.05, 0.1) is 11.1 Å². The number of urea groups is 1. The number of anilines is 3. The summed E-state index contributed by atoms with van der Waals surface area (Å²) in [6, 6.07) is 19.1. The summed E-state index contributed by atoms with van der Waals surface area (Å²) in [5, 5.41) is 8.13. The molecule has 4 rings (SSSR count). The summed E-state index contributed by atoms with van der Waals surface area (Å²) in [6.07, 6.45) is -1.40. The van der Waals surface area contributed by atoms with Crippen molar-refractivity contribution in [2.75, 3.05) is 28.6 Å². The van der Waals surface area contributed by atoms with E-state index in [-0.39, 0.29) is 17.6 Å². The predicted octanol–water partition coefficient (Wildman–Crippen LogP) is 6.95. The van der Waals surface area contributed by atoms with Crippen molar-refractivity contribution in [2.45, 2.75) is 45.3 Å². The van der Waals surface area contributed by atoms with E-state index in [4.69, 9.17) is 0 Å². The largest absolute Gasteiger partial charge is 0.416 e. The first-order chi connectivity index (χ1) is 18.6. The molecule has 0 saturated carbocycles. The van der Waals surface area contributed by atoms with Crippen LogP contribution in [0, 0.1) is 5.92 Å². The summed E-state index contributed by atoms with van der Waals surface area (Å²) >= 11 is 0. The quantitative estimate of drug-likeness (QED) is 0.305. The standard InChI is InChI=1S/C30H33F3N4O2/c1-20(2)34-28(38)26-19-25(36-29(39)35-24-10-8-23(9-11-24)30(31,32)33)12-13-27(26)37-16-14-22(15-17-37)18-21-6-4-3-5-7-21/h3-13,19-20,22H,14-18H2,1-2H3,(H,34,38)(H2,35,36,39). The molecule has 1 heterocycles. The summed E-state index contributed by atoms with van der Waals surface area (Å²) in [5.41, 5.74) is 2.41. The molecule has 3 aromatic carbocycles. The van der Waals surface area contributed by atoms with Crippen molar-refractivity contribution in [3.8, 4) is 0 Å². The highest BCUT2D eigenvalue weighted by Crippen LogP contribution is 2.31. The molecule has 0 aromatic heterocycles. The van der Waals surface area contributed by atoms with Crippen LogP contribution in [0.1, 0.15) is 48.2 Å². The maximum absolute atomic E-state index is 13.1. The first kappa shape index (κ1) is 28.0. The van der Waals surface area contributed by atoms with Crippen molar-refractivity contribution in [2.24, 2.45) is 5.92 Å². The SMILES string of the molecule is CC(C)NC(=O)c1cc(NC(=O)Nc2ccc(C(F)(F)F)cc2)ccc1N1CCC(Cc2ccccc2)CC1. The van der Waals surface area contributed by atoms with Crippen LogP contribution in [-0.4, -0.2) is 31.1 Å². The fourth-order valence-corrected chi connectivity index (χ4v) is 4.77. The Morgan fingerprint density at radius 3 is 2.13 bits per heavy atom. The summed E-state index contributed by atoms with van der Waals surface area (Å²) < 4.78 is 38.4. The predicted molar refractivity (Wildman–Crippen MR) is 148 cm³/mol. The fourth-order valence-electron chi connectivity index (χ4n) is 4.77. The number of carbonyl (C=O) groups is 2. The third-order valence-electron chi connectivity index (χ3n) is 6.71. The van der Waals surface area contributed by atoms with Crippen LogP contribution in [0.25, 0.3) is 0 Å². The Morgan fingerprint density at radius 2 is 1.51 bits per heavy atom. The zero-order valence-corrected chi connectivity index (χ0v) is 22.0. The molecule has 0 atom stereocenters. The van der Waals surface area contributed by atoms with E-state index in [0.29, 0.717) is 17.2 Å². The molecule has 6 nitrogen and oxygen atoms in total. The van der Waals surface area contributed by atoms with E-state index in [1.165, 1.54) is 17.7 Å². The number of benzene rings is 3. The number of hydrogen-bond acceptors (Lipinski definition) is 3. The average Bonchev–Trinajstić information content (AvgIpc) is 2.89. The number of rotatable bonds is 7. The molecular formula is C30H33F3N4O2. The highest BCUT2D eigenvalue weighted by Gasteiger charge is 2.30. The molecule has 0 aliphatic carbocycles. The van der Waals surface area contributed by atoms with E-state index in [9.17, 15) is 22.8 Å². The number of amides is 3. The van der Waals surface area contributed by atoms with Crippen molar-refractivity contribution in [3.05, 3.63) is 89.5 Å². The van der Waals surface area contributed by atoms with Gasteiger partial charge in [0.2, 0.25) is 0 Å². The minimum atomic E-state index is -4.45. The Kier molecular flexibility index (Phi) is 8.79. The monoisotopic (exact) mass is 538 g/mol. The van der Waals surface area contributed by atoms with Gasteiger partial charge in [-0.2, -0.15) is 13.2 Å². The highest BCUT2D eigenvalue weighted by molar-refractivity contribution is 6.04. The first-order valence-electron chi connectivity index (χ1n) is 13.1. The van der Waals surface area contributed by atoms with Gasteiger partial charge < -0.3 is 20.9 Å². The molecule has 9 heteroatoms. The molecule has 1 aliphatic heterocycles. The molecule has 3 amide bonds. The summed E-state index contributed by atoms with van der Waals surface area (Å²) in [7, 11) is 0. The minimum Gasteiger partial charge on any atom is -0.371 e. The van der Waals surface area contributed by atoms with Gasteiger partial charge in [0.15, 0.2) is 0 Å². The van der Waals surface area contributed by atoms with Crippen molar-refractivity contribution < 1.29 is 22.8 Å². The molecule has 0 unspecified atom stereocenters. The number of carbonyl (C=O) groups excluding carboxylic acids is 2. The fraction of sp³-hybridized carbons (Fsp3) is 0.333. The Labute approximate surface area is 226 Å². The lowest BCUT2D eigenvalue weighted by Gasteiger charge is -2.35. The lowest BCUT2D eigenvalue weighted by Crippen LogP contribution is -2.37. The van der Waals surface area contributed by atoms with E-state index >= 15 is 0 Å². The molecule has 0 bridgehead atoms. The van der Waals surface area contributed by atoms with Crippen LogP contribution in [0.15, 0.2) is 72.8 Å². The van der Waals surface area contributed by atoms with Gasteiger partial charge in [-0.15, -0.1) is 0 Å². The maximum atomic E-state index is 13.1. The van der Waals surface area contributed by atoms with Crippen LogP contribution in [0.5, 0.6) is 0 Å². The zero-order chi connectivity index (χ0) is 28.0. The Balaban J connectivity index is 1.44. The molecule has 3 aromatic rings. The van der Waals surface area contributed by atoms with Crippen LogP contribution in [-0.2, 0) is 12.6 Å². The number of hydrogen-bond donors (Lipinski definition) is 3. The van der Waals surface area contributed by atoms with Crippen LogP contribution in [0.4, 0.5) is 35.0 Å². The topological polar surface area (TPSA) is 73.5 Å². The van der Waals surface area contributed by atoms with Crippen LogP contribution in [0.2, 0.25) is 0 Å². The molecule has 0 spiro atoms. The van der Waals surface area contributed by atoms with Gasteiger partial charge in [-0.25, -0.2) is 4.79 Å². The van der Waals surface area contributed by atoms with Crippen molar-refractivity contribution >= 4 is 29.0 Å². The summed E-state index contributed by atoms with van der Waals surface area (Å²) in [5.74, 6) is 0.338. The molecule has 1 saturated heterocycles. The van der Waals surface area contributed by atoms with Gasteiger partial charge in [0.1, 0.15) is 0 Å².